The lowest BCUT2D eigenvalue weighted by atomic mass is 9.99. The molecule has 0 aliphatic carbocycles. The Kier molecular flexibility index (Phi) is 7.00. The number of rotatable bonds is 5. The summed E-state index contributed by atoms with van der Waals surface area (Å²) in [6.07, 6.45) is 0. The average molecular weight is 668 g/mol. The highest BCUT2D eigenvalue weighted by Crippen LogP contribution is 2.44. The number of aromatic nitrogens is 3. The Morgan fingerprint density at radius 3 is 1.67 bits per heavy atom. The van der Waals surface area contributed by atoms with Crippen LogP contribution in [0.1, 0.15) is 0 Å². The van der Waals surface area contributed by atoms with Crippen molar-refractivity contribution in [3.05, 3.63) is 176 Å². The summed E-state index contributed by atoms with van der Waals surface area (Å²) in [5.74, 6) is 0.699. The highest BCUT2D eigenvalue weighted by Gasteiger charge is 2.18. The first-order chi connectivity index (χ1) is 25.3. The van der Waals surface area contributed by atoms with Crippen LogP contribution in [0.5, 0.6) is 0 Å². The van der Waals surface area contributed by atoms with Crippen molar-refractivity contribution in [3.8, 4) is 56.3 Å². The lowest BCUT2D eigenvalue weighted by molar-refractivity contribution is 1.18. The van der Waals surface area contributed by atoms with Crippen molar-refractivity contribution >= 4 is 53.2 Å². The average Bonchev–Trinajstić information content (AvgIpc) is 3.61. The fourth-order valence-corrected chi connectivity index (χ4v) is 8.36. The minimum Gasteiger partial charge on any atom is -0.246 e. The van der Waals surface area contributed by atoms with Gasteiger partial charge in [0.2, 0.25) is 0 Å². The molecule has 0 fully saturated rings. The van der Waals surface area contributed by atoms with Gasteiger partial charge in [-0.25, -0.2) is 15.0 Å². The maximum atomic E-state index is 5.44. The second kappa shape index (κ2) is 12.1. The molecule has 0 saturated carbocycles. The van der Waals surface area contributed by atoms with E-state index in [2.05, 4.69) is 164 Å². The van der Waals surface area contributed by atoms with Gasteiger partial charge in [0.15, 0.2) is 5.82 Å². The van der Waals surface area contributed by atoms with Gasteiger partial charge < -0.3 is 0 Å². The van der Waals surface area contributed by atoms with Gasteiger partial charge in [-0.3, -0.25) is 0 Å². The molecule has 0 unspecified atom stereocenters. The van der Waals surface area contributed by atoms with Gasteiger partial charge in [0, 0.05) is 53.2 Å². The zero-order valence-electron chi connectivity index (χ0n) is 27.5. The van der Waals surface area contributed by atoms with Crippen molar-refractivity contribution < 1.29 is 0 Å². The van der Waals surface area contributed by atoms with Crippen molar-refractivity contribution in [1.29, 1.82) is 0 Å². The van der Waals surface area contributed by atoms with Crippen molar-refractivity contribution in [2.24, 2.45) is 0 Å². The molecule has 0 N–H and O–H groups in total. The van der Waals surface area contributed by atoms with Crippen LogP contribution in [0.15, 0.2) is 176 Å². The normalized spacial score (nSPS) is 11.5. The molecule has 7 aromatic carbocycles. The van der Waals surface area contributed by atoms with Gasteiger partial charge in [-0.1, -0.05) is 164 Å². The van der Waals surface area contributed by atoms with Crippen molar-refractivity contribution in [2.45, 2.75) is 0 Å². The minimum absolute atomic E-state index is 0.699. The predicted octanol–water partition coefficient (Wildman–Crippen LogP) is 12.9. The molecule has 3 aromatic heterocycles. The smallest absolute Gasteiger partial charge is 0.160 e. The SMILES string of the molecule is c1ccc(-c2ccc(-c3nc(-c4ccccc4)cc(-c4ccc(-c5nc6c7ccccc7ccc6c6sc7ccccc7c56)cc4)n3)cc2)cc1. The third kappa shape index (κ3) is 5.16. The van der Waals surface area contributed by atoms with Gasteiger partial charge in [0.25, 0.3) is 0 Å². The lowest BCUT2D eigenvalue weighted by Gasteiger charge is -2.12. The van der Waals surface area contributed by atoms with Crippen LogP contribution in [0.3, 0.4) is 0 Å². The van der Waals surface area contributed by atoms with E-state index in [1.807, 2.05) is 23.5 Å². The molecule has 10 rings (SSSR count). The van der Waals surface area contributed by atoms with Gasteiger partial charge >= 0.3 is 0 Å². The molecule has 0 amide bonds. The summed E-state index contributed by atoms with van der Waals surface area (Å²) in [5, 5.41) is 6.02. The Bertz CT molecular complexity index is 2880. The maximum absolute atomic E-state index is 5.44. The van der Waals surface area contributed by atoms with Crippen LogP contribution < -0.4 is 0 Å². The third-order valence-corrected chi connectivity index (χ3v) is 10.9. The molecule has 0 saturated heterocycles. The Labute approximate surface area is 299 Å². The number of thiophene rings is 1. The van der Waals surface area contributed by atoms with E-state index in [1.54, 1.807) is 0 Å². The van der Waals surface area contributed by atoms with Crippen molar-refractivity contribution in [3.63, 3.8) is 0 Å². The van der Waals surface area contributed by atoms with Crippen LogP contribution in [-0.4, -0.2) is 15.0 Å². The summed E-state index contributed by atoms with van der Waals surface area (Å²) >= 11 is 1.85. The number of benzene rings is 7. The van der Waals surface area contributed by atoms with Crippen LogP contribution in [-0.2, 0) is 0 Å². The highest BCUT2D eigenvalue weighted by atomic mass is 32.1. The van der Waals surface area contributed by atoms with Crippen molar-refractivity contribution in [1.82, 2.24) is 15.0 Å². The third-order valence-electron chi connectivity index (χ3n) is 9.70. The standard InChI is InChI=1S/C47H29N3S/c1-3-11-30(12-4-1)31-19-25-36(26-20-31)47-48-40(33-14-5-2-6-15-33)29-41(49-47)34-21-23-35(24-22-34)44-43-38-17-9-10-18-42(38)51-46(43)39-28-27-32-13-7-8-16-37(32)45(39)50-44/h1-29H. The minimum atomic E-state index is 0.699. The van der Waals surface area contributed by atoms with Crippen LogP contribution >= 0.6 is 11.3 Å². The Hall–Kier alpha value is -6.49. The van der Waals surface area contributed by atoms with Crippen LogP contribution in [0.25, 0.3) is 98.1 Å². The Balaban J connectivity index is 1.11. The summed E-state index contributed by atoms with van der Waals surface area (Å²) in [6.45, 7) is 0. The second-order valence-electron chi connectivity index (χ2n) is 12.8. The molecule has 4 heteroatoms. The first kappa shape index (κ1) is 29.4. The molecule has 238 valence electrons. The first-order valence-electron chi connectivity index (χ1n) is 17.1. The molecule has 0 aliphatic rings. The maximum Gasteiger partial charge on any atom is 0.160 e. The molecule has 3 nitrogen and oxygen atoms in total. The molecular weight excluding hydrogens is 639 g/mol. The monoisotopic (exact) mass is 667 g/mol. The molecule has 51 heavy (non-hydrogen) atoms. The summed E-state index contributed by atoms with van der Waals surface area (Å²) in [4.78, 5) is 15.6. The van der Waals surface area contributed by atoms with Crippen LogP contribution in [0, 0.1) is 0 Å². The van der Waals surface area contributed by atoms with Gasteiger partial charge in [0.1, 0.15) is 0 Å². The van der Waals surface area contributed by atoms with E-state index in [4.69, 9.17) is 15.0 Å². The lowest BCUT2D eigenvalue weighted by Crippen LogP contribution is -1.96. The summed E-state index contributed by atoms with van der Waals surface area (Å²) < 4.78 is 2.55. The van der Waals surface area contributed by atoms with E-state index in [1.165, 1.54) is 41.9 Å². The van der Waals surface area contributed by atoms with Gasteiger partial charge in [0.05, 0.1) is 22.6 Å². The summed E-state index contributed by atoms with van der Waals surface area (Å²) in [7, 11) is 0. The van der Waals surface area contributed by atoms with E-state index in [-0.39, 0.29) is 0 Å². The molecule has 0 aliphatic heterocycles. The van der Waals surface area contributed by atoms with Crippen LogP contribution in [0.4, 0.5) is 0 Å². The number of pyridine rings is 1. The Morgan fingerprint density at radius 1 is 0.373 bits per heavy atom. The summed E-state index contributed by atoms with van der Waals surface area (Å²) in [5.41, 5.74) is 10.3. The van der Waals surface area contributed by atoms with E-state index >= 15 is 0 Å². The molecular formula is C47H29N3S. The molecule has 10 aromatic rings. The first-order valence-corrected chi connectivity index (χ1v) is 17.9. The Morgan fingerprint density at radius 2 is 0.922 bits per heavy atom. The molecule has 0 atom stereocenters. The topological polar surface area (TPSA) is 38.7 Å². The van der Waals surface area contributed by atoms with Gasteiger partial charge in [-0.2, -0.15) is 0 Å². The molecule has 3 heterocycles. The van der Waals surface area contributed by atoms with Gasteiger partial charge in [-0.15, -0.1) is 11.3 Å². The fourth-order valence-electron chi connectivity index (χ4n) is 7.13. The molecule has 0 bridgehead atoms. The molecule has 0 spiro atoms. The second-order valence-corrected chi connectivity index (χ2v) is 13.8. The van der Waals surface area contributed by atoms with Gasteiger partial charge in [-0.05, 0) is 28.6 Å². The molecule has 0 radical (unpaired) electrons. The predicted molar refractivity (Wildman–Crippen MR) is 215 cm³/mol. The quantitative estimate of drug-likeness (QED) is 0.171. The van der Waals surface area contributed by atoms with E-state index in [9.17, 15) is 0 Å². The van der Waals surface area contributed by atoms with E-state index in [0.29, 0.717) is 5.82 Å². The zero-order chi connectivity index (χ0) is 33.7. The van der Waals surface area contributed by atoms with E-state index < -0.39 is 0 Å². The van der Waals surface area contributed by atoms with Crippen LogP contribution in [0.2, 0.25) is 0 Å². The number of hydrogen-bond donors (Lipinski definition) is 0. The number of fused-ring (bicyclic) bond motifs is 7. The zero-order valence-corrected chi connectivity index (χ0v) is 28.3. The summed E-state index contributed by atoms with van der Waals surface area (Å²) in [6, 6.07) is 61.8. The number of hydrogen-bond acceptors (Lipinski definition) is 4. The number of nitrogens with zero attached hydrogens (tertiary/aromatic N) is 3. The van der Waals surface area contributed by atoms with Crippen molar-refractivity contribution in [2.75, 3.05) is 0 Å². The highest BCUT2D eigenvalue weighted by molar-refractivity contribution is 7.26. The van der Waals surface area contributed by atoms with E-state index in [0.717, 1.165) is 50.4 Å². The fraction of sp³-hybridized carbons (Fsp3) is 0. The largest absolute Gasteiger partial charge is 0.246 e.